The molecule has 1 N–H and O–H groups in total. The van der Waals surface area contributed by atoms with Crippen molar-refractivity contribution in [1.82, 2.24) is 4.90 Å². The van der Waals surface area contributed by atoms with Crippen molar-refractivity contribution in [3.8, 4) is 0 Å². The Kier molecular flexibility index (Phi) is 4.26. The minimum atomic E-state index is -1.07. The largest absolute Gasteiger partial charge is 0.478 e. The zero-order chi connectivity index (χ0) is 16.6. The second kappa shape index (κ2) is 6.20. The molecular weight excluding hydrogens is 362 g/mol. The van der Waals surface area contributed by atoms with Crippen LogP contribution in [-0.2, 0) is 19.4 Å². The number of amides is 1. The molecule has 6 heteroatoms. The van der Waals surface area contributed by atoms with Crippen molar-refractivity contribution in [3.63, 3.8) is 0 Å². The zero-order valence-electron chi connectivity index (χ0n) is 12.6. The molecule has 1 aliphatic rings. The van der Waals surface area contributed by atoms with Crippen molar-refractivity contribution in [2.45, 2.75) is 26.3 Å². The number of nitrogens with zero attached hydrogens (tertiary/aromatic N) is 1. The Morgan fingerprint density at radius 3 is 2.83 bits per heavy atom. The molecule has 1 aromatic carbocycles. The maximum Gasteiger partial charge on any atom is 0.339 e. The summed E-state index contributed by atoms with van der Waals surface area (Å²) < 4.78 is 6.53. The number of carboxylic acids is 1. The second-order valence-corrected chi connectivity index (χ2v) is 6.31. The molecule has 120 valence electrons. The summed E-state index contributed by atoms with van der Waals surface area (Å²) >= 11 is 3.53. The van der Waals surface area contributed by atoms with Crippen LogP contribution in [-0.4, -0.2) is 28.4 Å². The molecule has 1 amide bonds. The lowest BCUT2D eigenvalue weighted by Gasteiger charge is -2.28. The number of halogens is 1. The Morgan fingerprint density at radius 2 is 2.17 bits per heavy atom. The molecule has 0 atom stereocenters. The van der Waals surface area contributed by atoms with Gasteiger partial charge in [0.1, 0.15) is 11.3 Å². The maximum atomic E-state index is 12.6. The molecule has 0 fully saturated rings. The summed E-state index contributed by atoms with van der Waals surface area (Å²) in [5.41, 5.74) is 2.38. The van der Waals surface area contributed by atoms with Gasteiger partial charge < -0.3 is 14.4 Å². The van der Waals surface area contributed by atoms with E-state index >= 15 is 0 Å². The van der Waals surface area contributed by atoms with E-state index in [0.717, 1.165) is 16.5 Å². The topological polar surface area (TPSA) is 70.8 Å². The van der Waals surface area contributed by atoms with Crippen molar-refractivity contribution >= 4 is 27.8 Å². The number of carboxylic acid groups (broad SMARTS) is 1. The average Bonchev–Trinajstić information content (AvgIpc) is 2.98. The molecular formula is C17H16BrNO4. The quantitative estimate of drug-likeness (QED) is 0.888. The van der Waals surface area contributed by atoms with Crippen molar-refractivity contribution in [3.05, 3.63) is 56.9 Å². The van der Waals surface area contributed by atoms with Crippen molar-refractivity contribution in [1.29, 1.82) is 0 Å². The third kappa shape index (κ3) is 2.91. The molecule has 0 spiro atoms. The first-order valence-electron chi connectivity index (χ1n) is 7.42. The van der Waals surface area contributed by atoms with E-state index in [1.165, 1.54) is 11.6 Å². The number of carbonyl (C=O) groups excluding carboxylic acids is 1. The summed E-state index contributed by atoms with van der Waals surface area (Å²) in [5, 5.41) is 9.17. The van der Waals surface area contributed by atoms with Gasteiger partial charge >= 0.3 is 5.97 Å². The van der Waals surface area contributed by atoms with Gasteiger partial charge in [0.15, 0.2) is 5.76 Å². The van der Waals surface area contributed by atoms with Crippen LogP contribution in [0.2, 0.25) is 0 Å². The third-order valence-electron chi connectivity index (χ3n) is 4.07. The summed E-state index contributed by atoms with van der Waals surface area (Å²) in [5.74, 6) is -0.908. The van der Waals surface area contributed by atoms with E-state index in [0.29, 0.717) is 25.3 Å². The molecule has 0 saturated heterocycles. The van der Waals surface area contributed by atoms with Crippen molar-refractivity contribution in [2.24, 2.45) is 0 Å². The normalized spacial score (nSPS) is 13.7. The van der Waals surface area contributed by atoms with Gasteiger partial charge in [0.2, 0.25) is 0 Å². The number of fused-ring (bicyclic) bond motifs is 1. The number of hydrogen-bond acceptors (Lipinski definition) is 3. The summed E-state index contributed by atoms with van der Waals surface area (Å²) in [7, 11) is 0. The highest BCUT2D eigenvalue weighted by Crippen LogP contribution is 2.27. The molecule has 0 unspecified atom stereocenters. The molecule has 0 radical (unpaired) electrons. The fourth-order valence-electron chi connectivity index (χ4n) is 2.87. The number of aromatic carboxylic acids is 1. The Bertz CT molecular complexity index is 781. The number of rotatable bonds is 3. The molecule has 0 saturated carbocycles. The molecule has 5 nitrogen and oxygen atoms in total. The third-order valence-corrected chi connectivity index (χ3v) is 4.81. The lowest BCUT2D eigenvalue weighted by Crippen LogP contribution is -2.35. The molecule has 0 bridgehead atoms. The van der Waals surface area contributed by atoms with Gasteiger partial charge in [-0.05, 0) is 23.6 Å². The van der Waals surface area contributed by atoms with Crippen LogP contribution >= 0.6 is 15.9 Å². The fraction of sp³-hybridized carbons (Fsp3) is 0.294. The molecule has 23 heavy (non-hydrogen) atoms. The van der Waals surface area contributed by atoms with Gasteiger partial charge in [-0.2, -0.15) is 0 Å². The first-order chi connectivity index (χ1) is 11.0. The van der Waals surface area contributed by atoms with E-state index in [1.54, 1.807) is 11.8 Å². The van der Waals surface area contributed by atoms with E-state index in [4.69, 9.17) is 4.42 Å². The predicted molar refractivity (Wildman–Crippen MR) is 87.6 cm³/mol. The fourth-order valence-corrected chi connectivity index (χ4v) is 3.48. The number of aryl methyl sites for hydroxylation is 1. The number of carbonyl (C=O) groups is 2. The monoisotopic (exact) mass is 377 g/mol. The average molecular weight is 378 g/mol. The Morgan fingerprint density at radius 1 is 1.39 bits per heavy atom. The second-order valence-electron chi connectivity index (χ2n) is 5.46. The van der Waals surface area contributed by atoms with E-state index in [-0.39, 0.29) is 17.2 Å². The highest BCUT2D eigenvalue weighted by atomic mass is 79.9. The van der Waals surface area contributed by atoms with Gasteiger partial charge in [0, 0.05) is 30.0 Å². The minimum Gasteiger partial charge on any atom is -0.478 e. The minimum absolute atomic E-state index is 0.0657. The summed E-state index contributed by atoms with van der Waals surface area (Å²) in [6.45, 7) is 2.88. The molecule has 0 aliphatic carbocycles. The molecule has 2 heterocycles. The van der Waals surface area contributed by atoms with Gasteiger partial charge in [0.25, 0.3) is 5.91 Å². The standard InChI is InChI=1S/C17H16BrNO4/c1-2-14-12(17(21)22)8-15(23-14)16(20)19-7-6-11-10(9-19)4-3-5-13(11)18/h3-5,8H,2,6-7,9H2,1H3,(H,21,22). The molecule has 2 aromatic rings. The lowest BCUT2D eigenvalue weighted by atomic mass is 10.00. The van der Waals surface area contributed by atoms with Gasteiger partial charge in [-0.25, -0.2) is 4.79 Å². The van der Waals surface area contributed by atoms with Gasteiger partial charge in [-0.15, -0.1) is 0 Å². The summed E-state index contributed by atoms with van der Waals surface area (Å²) in [6.07, 6.45) is 1.19. The summed E-state index contributed by atoms with van der Waals surface area (Å²) in [4.78, 5) is 25.5. The predicted octanol–water partition coefficient (Wildman–Crippen LogP) is 3.50. The van der Waals surface area contributed by atoms with Crippen LogP contribution in [0.4, 0.5) is 0 Å². The Labute approximate surface area is 142 Å². The number of furan rings is 1. The Balaban J connectivity index is 1.86. The first kappa shape index (κ1) is 15.8. The molecule has 3 rings (SSSR count). The van der Waals surface area contributed by atoms with E-state index in [2.05, 4.69) is 15.9 Å². The lowest BCUT2D eigenvalue weighted by molar-refractivity contribution is 0.0687. The zero-order valence-corrected chi connectivity index (χ0v) is 14.2. The number of benzene rings is 1. The van der Waals surface area contributed by atoms with Crippen LogP contribution in [0, 0.1) is 0 Å². The van der Waals surface area contributed by atoms with Crippen LogP contribution in [0.5, 0.6) is 0 Å². The van der Waals surface area contributed by atoms with Crippen molar-refractivity contribution < 1.29 is 19.1 Å². The maximum absolute atomic E-state index is 12.6. The van der Waals surface area contributed by atoms with Gasteiger partial charge in [0.05, 0.1) is 0 Å². The highest BCUT2D eigenvalue weighted by Gasteiger charge is 2.27. The van der Waals surface area contributed by atoms with Crippen molar-refractivity contribution in [2.75, 3.05) is 6.54 Å². The van der Waals surface area contributed by atoms with Gasteiger partial charge in [-0.3, -0.25) is 4.79 Å². The van der Waals surface area contributed by atoms with Crippen LogP contribution < -0.4 is 0 Å². The van der Waals surface area contributed by atoms with E-state index < -0.39 is 5.97 Å². The smallest absolute Gasteiger partial charge is 0.339 e. The van der Waals surface area contributed by atoms with E-state index in [1.807, 2.05) is 18.2 Å². The SMILES string of the molecule is CCc1oc(C(=O)N2CCc3c(Br)cccc3C2)cc1C(=O)O. The summed E-state index contributed by atoms with van der Waals surface area (Å²) in [6, 6.07) is 7.28. The van der Waals surface area contributed by atoms with Crippen LogP contribution in [0.15, 0.2) is 33.2 Å². The molecule has 1 aliphatic heterocycles. The molecule has 1 aromatic heterocycles. The number of hydrogen-bond donors (Lipinski definition) is 1. The van der Waals surface area contributed by atoms with Gasteiger partial charge in [-0.1, -0.05) is 35.0 Å². The first-order valence-corrected chi connectivity index (χ1v) is 8.22. The van der Waals surface area contributed by atoms with Crippen LogP contribution in [0.25, 0.3) is 0 Å². The van der Waals surface area contributed by atoms with E-state index in [9.17, 15) is 14.7 Å². The van der Waals surface area contributed by atoms with Crippen LogP contribution in [0.1, 0.15) is 44.7 Å². The Hall–Kier alpha value is -2.08. The highest BCUT2D eigenvalue weighted by molar-refractivity contribution is 9.10. The van der Waals surface area contributed by atoms with Crippen LogP contribution in [0.3, 0.4) is 0 Å².